The molecular weight excluding hydrogens is 1330 g/mol. The van der Waals surface area contributed by atoms with Crippen LogP contribution in [0.15, 0.2) is 68.3 Å². The van der Waals surface area contributed by atoms with E-state index in [1.807, 2.05) is 20.8 Å². The van der Waals surface area contributed by atoms with Gasteiger partial charge in [0.2, 0.25) is 11.8 Å². The first kappa shape index (κ1) is 65.6. The highest BCUT2D eigenvalue weighted by atomic mass is 33.1. The Bertz CT molecular complexity index is 4130. The lowest BCUT2D eigenvalue weighted by Crippen LogP contribution is -2.40. The third-order valence-electron chi connectivity index (χ3n) is 13.1. The molecule has 24 nitrogen and oxygen atoms in total. The molecule has 4 unspecified atom stereocenters. The van der Waals surface area contributed by atoms with E-state index in [0.29, 0.717) is 74.4 Å². The predicted molar refractivity (Wildman–Crippen MR) is 351 cm³/mol. The van der Waals surface area contributed by atoms with Gasteiger partial charge >= 0.3 is 5.97 Å². The smallest absolute Gasteiger partial charge is 0.308 e. The molecule has 1 aliphatic heterocycles. The van der Waals surface area contributed by atoms with E-state index in [4.69, 9.17) is 34.6 Å². The average Bonchev–Trinajstić information content (AvgIpc) is 1.69. The topological polar surface area (TPSA) is 337 Å². The number of carbonyl (C=O) groups excluding carboxylic acids is 7. The summed E-state index contributed by atoms with van der Waals surface area (Å²) in [6.45, 7) is 12.2. The number of aromatic nitrogens is 9. The number of carbonyl (C=O) groups is 7. The minimum absolute atomic E-state index is 0.0145. The number of rotatable bonds is 14. The number of esters is 1. The lowest BCUT2D eigenvalue weighted by atomic mass is 10.0. The number of hydrogen-bond donors (Lipinski definition) is 7. The van der Waals surface area contributed by atoms with Crippen LogP contribution < -0.4 is 31.9 Å². The van der Waals surface area contributed by atoms with Gasteiger partial charge in [-0.2, -0.15) is 0 Å². The zero-order chi connectivity index (χ0) is 64.0. The van der Waals surface area contributed by atoms with Crippen LogP contribution in [0.3, 0.4) is 0 Å². The van der Waals surface area contributed by atoms with Crippen LogP contribution in [0, 0.1) is 19.8 Å². The molecule has 33 heteroatoms. The van der Waals surface area contributed by atoms with Crippen molar-refractivity contribution in [3.63, 3.8) is 0 Å². The Kier molecular flexibility index (Phi) is 21.0. The Morgan fingerprint density at radius 1 is 0.711 bits per heavy atom. The van der Waals surface area contributed by atoms with Crippen LogP contribution >= 0.6 is 101 Å². The second-order valence-electron chi connectivity index (χ2n) is 21.3. The molecule has 0 fully saturated rings. The molecule has 10 bridgehead atoms. The van der Waals surface area contributed by atoms with Gasteiger partial charge in [-0.1, -0.05) is 66.3 Å². The number of aliphatic hydroxyl groups excluding tert-OH is 1. The third-order valence-corrected chi connectivity index (χ3v) is 22.4. The molecule has 7 N–H and O–H groups in total. The van der Waals surface area contributed by atoms with Crippen molar-refractivity contribution in [1.82, 2.24) is 77.0 Å². The van der Waals surface area contributed by atoms with Gasteiger partial charge in [0.15, 0.2) is 4.34 Å². The number of benzene rings is 1. The molecular formula is C57H57N15O9S9. The summed E-state index contributed by atoms with van der Waals surface area (Å²) in [7, 11) is 4.28. The predicted octanol–water partition coefficient (Wildman–Crippen LogP) is 9.73. The highest BCUT2D eigenvalue weighted by molar-refractivity contribution is 8.76. The van der Waals surface area contributed by atoms with Crippen LogP contribution in [0.5, 0.6) is 0 Å². The molecule has 9 heterocycles. The quantitative estimate of drug-likeness (QED) is 0.0393. The Balaban J connectivity index is 1.02. The first-order valence-corrected chi connectivity index (χ1v) is 35.9. The number of aryl methyl sites for hydroxylation is 2. The number of ether oxygens (including phenoxy) is 1. The SMILES string of the molecule is CNC(=O)CC1NC(=O)c2csc(n2)-c2ccc(-c3nc(C(=O)NCCC(=O)OC(C)(C)C)cs3)nc2-c2csc(n2)-c2csc(n2)C(C(O)c2ccccc2)NC(=O)CNC(=O)c2nc(sc2CSSc2nnc(C)s2)C(C(C)C)NC(=O)c2nc1sc2C. The van der Waals surface area contributed by atoms with Crippen LogP contribution in [0.2, 0.25) is 0 Å². The van der Waals surface area contributed by atoms with Crippen molar-refractivity contribution in [3.05, 3.63) is 122 Å². The van der Waals surface area contributed by atoms with E-state index in [9.17, 15) is 38.7 Å². The summed E-state index contributed by atoms with van der Waals surface area (Å²) in [6.07, 6.45) is -1.56. The van der Waals surface area contributed by atoms with E-state index in [-0.39, 0.29) is 53.1 Å². The van der Waals surface area contributed by atoms with Crippen LogP contribution in [-0.4, -0.2) is 117 Å². The summed E-state index contributed by atoms with van der Waals surface area (Å²) < 4.78 is 6.09. The largest absolute Gasteiger partial charge is 0.460 e. The zero-order valence-electron chi connectivity index (χ0n) is 49.2. The minimum Gasteiger partial charge on any atom is -0.460 e. The number of aliphatic hydroxyl groups is 1. The summed E-state index contributed by atoms with van der Waals surface area (Å²) in [5.74, 6) is -3.80. The van der Waals surface area contributed by atoms with Gasteiger partial charge in [-0.25, -0.2) is 34.9 Å². The zero-order valence-corrected chi connectivity index (χ0v) is 56.5. The second kappa shape index (κ2) is 28.9. The second-order valence-corrected chi connectivity index (χ2v) is 30.8. The molecule has 468 valence electrons. The van der Waals surface area contributed by atoms with Crippen molar-refractivity contribution in [3.8, 4) is 43.4 Å². The van der Waals surface area contributed by atoms with Gasteiger partial charge in [0.05, 0.1) is 37.2 Å². The molecule has 9 aromatic rings. The maximum atomic E-state index is 14.5. The van der Waals surface area contributed by atoms with Gasteiger partial charge in [0.1, 0.15) is 92.7 Å². The normalized spacial score (nSPS) is 16.1. The average molecular weight is 1380 g/mol. The fourth-order valence-corrected chi connectivity index (χ4v) is 17.8. The molecule has 0 radical (unpaired) electrons. The molecule has 90 heavy (non-hydrogen) atoms. The van der Waals surface area contributed by atoms with Crippen LogP contribution in [0.4, 0.5) is 0 Å². The first-order valence-electron chi connectivity index (χ1n) is 27.6. The molecule has 8 aromatic heterocycles. The third kappa shape index (κ3) is 16.0. The van der Waals surface area contributed by atoms with Gasteiger partial charge in [0, 0.05) is 56.2 Å². The van der Waals surface area contributed by atoms with Crippen molar-refractivity contribution in [2.24, 2.45) is 5.92 Å². The minimum atomic E-state index is -1.29. The monoisotopic (exact) mass is 1380 g/mol. The molecule has 6 amide bonds. The van der Waals surface area contributed by atoms with E-state index in [2.05, 4.69) is 47.1 Å². The Labute approximate surface area is 551 Å². The first-order chi connectivity index (χ1) is 43.1. The molecule has 0 aliphatic carbocycles. The molecule has 0 saturated carbocycles. The van der Waals surface area contributed by atoms with Gasteiger partial charge in [0.25, 0.3) is 23.6 Å². The number of nitrogens with one attached hydrogen (secondary N) is 6. The summed E-state index contributed by atoms with van der Waals surface area (Å²) in [5.41, 5.74) is 2.05. The van der Waals surface area contributed by atoms with E-state index in [1.165, 1.54) is 85.3 Å². The van der Waals surface area contributed by atoms with E-state index in [1.54, 1.807) is 91.7 Å². The van der Waals surface area contributed by atoms with Crippen LogP contribution in [-0.2, 0) is 24.9 Å². The van der Waals surface area contributed by atoms with E-state index < -0.39 is 77.8 Å². The van der Waals surface area contributed by atoms with Crippen molar-refractivity contribution >= 4 is 142 Å². The number of amides is 6. The summed E-state index contributed by atoms with van der Waals surface area (Å²) in [5, 5.41) is 47.1. The summed E-state index contributed by atoms with van der Waals surface area (Å²) >= 11 is 8.59. The summed E-state index contributed by atoms with van der Waals surface area (Å²) in [4.78, 5) is 131. The van der Waals surface area contributed by atoms with Crippen molar-refractivity contribution in [2.45, 2.75) is 101 Å². The number of fused-ring (bicyclic) bond motifs is 14. The van der Waals surface area contributed by atoms with Gasteiger partial charge in [-0.05, 0) is 69.0 Å². The molecule has 1 aromatic carbocycles. The number of hydrogen-bond acceptors (Lipinski definition) is 27. The molecule has 10 rings (SSSR count). The lowest BCUT2D eigenvalue weighted by molar-refractivity contribution is -0.154. The van der Waals surface area contributed by atoms with Gasteiger partial charge in [-0.3, -0.25) is 33.6 Å². The number of nitrogens with zero attached hydrogens (tertiary/aromatic N) is 9. The Morgan fingerprint density at radius 2 is 1.43 bits per heavy atom. The lowest BCUT2D eigenvalue weighted by Gasteiger charge is -2.23. The van der Waals surface area contributed by atoms with Crippen LogP contribution in [0.25, 0.3) is 43.4 Å². The molecule has 0 spiro atoms. The fourth-order valence-electron chi connectivity index (χ4n) is 8.76. The molecule has 1 aliphatic rings. The van der Waals surface area contributed by atoms with Crippen molar-refractivity contribution in [2.75, 3.05) is 20.1 Å². The fraction of sp³-hybridized carbons (Fsp3) is 0.333. The van der Waals surface area contributed by atoms with Crippen molar-refractivity contribution in [1.29, 1.82) is 0 Å². The maximum Gasteiger partial charge on any atom is 0.308 e. The van der Waals surface area contributed by atoms with Crippen molar-refractivity contribution < 1.29 is 43.4 Å². The van der Waals surface area contributed by atoms with E-state index in [0.717, 1.165) is 32.0 Å². The highest BCUT2D eigenvalue weighted by Gasteiger charge is 2.33. The molecule has 0 saturated heterocycles. The van der Waals surface area contributed by atoms with Crippen LogP contribution in [0.1, 0.15) is 149 Å². The Morgan fingerprint density at radius 3 is 2.18 bits per heavy atom. The number of thiazole rings is 6. The van der Waals surface area contributed by atoms with Gasteiger partial charge < -0.3 is 41.7 Å². The maximum absolute atomic E-state index is 14.5. The highest BCUT2D eigenvalue weighted by Crippen LogP contribution is 2.42. The van der Waals surface area contributed by atoms with E-state index >= 15 is 0 Å². The Hall–Kier alpha value is -7.34. The summed E-state index contributed by atoms with van der Waals surface area (Å²) in [6, 6.07) is 9.42. The number of pyridine rings is 1. The standard InChI is InChI=1S/C57H57N15O9S9/c1-25(2)40-55-70-43(36(89-55)24-86-90-56-72-71-27(4)88-56)48(79)60-19-38(74)67-44(45(76)28-12-10-9-11-13-28)54-66-35(23-85-54)52-63-32(20-83-52)42-29(14-15-30(61-42)51-65-33(21-84-51)46(77)59-17-16-39(75)81-57(5,6)7)50-64-34(22-82-50)47(78)62-31(18-37(73)58-8)53-69-41(26(3)87-53)49(80)68-40/h9-15,20-23,25,31,40,44-45,76H,16-19,24H2,1-8H3,(H,58,73)(H,59,77)(H,60,79)(H,62,78)(H,67,74)(H,68,80). The molecule has 4 atom stereocenters. The van der Waals surface area contributed by atoms with Gasteiger partial charge in [-0.15, -0.1) is 78.2 Å².